The number of hydrogen-bond acceptors (Lipinski definition) is 6. The number of halogens is 4. The van der Waals surface area contributed by atoms with E-state index in [0.717, 1.165) is 0 Å². The number of phenols is 1. The van der Waals surface area contributed by atoms with E-state index in [1.807, 2.05) is 0 Å². The van der Waals surface area contributed by atoms with Gasteiger partial charge in [-0.25, -0.2) is 0 Å². The Labute approximate surface area is 186 Å². The number of rotatable bonds is 10. The van der Waals surface area contributed by atoms with Gasteiger partial charge in [-0.1, -0.05) is 11.6 Å². The summed E-state index contributed by atoms with van der Waals surface area (Å²) in [6.45, 7) is 2.82. The van der Waals surface area contributed by atoms with Crippen molar-refractivity contribution in [2.24, 2.45) is 0 Å². The van der Waals surface area contributed by atoms with E-state index < -0.39 is 35.5 Å². The summed E-state index contributed by atoms with van der Waals surface area (Å²) >= 11 is 6.04. The number of aromatic hydroxyl groups is 1. The number of nitrogens with zero attached hydrogens (tertiary/aromatic N) is 1. The molecule has 2 rings (SSSR count). The number of carbonyl (C=O) groups excluding carboxylic acids is 1. The van der Waals surface area contributed by atoms with Crippen LogP contribution >= 0.6 is 11.6 Å². The van der Waals surface area contributed by atoms with Crippen LogP contribution in [0.4, 0.5) is 18.9 Å². The number of ketones is 1. The fraction of sp³-hybridized carbons (Fsp3) is 0.381. The smallest absolute Gasteiger partial charge is 0.389 e. The number of alkyl halides is 3. The predicted molar refractivity (Wildman–Crippen MR) is 111 cm³/mol. The molecule has 7 nitrogen and oxygen atoms in total. The number of carbonyl (C=O) groups is 1. The average Bonchev–Trinajstić information content (AvgIpc) is 2.67. The molecule has 11 heteroatoms. The van der Waals surface area contributed by atoms with Gasteiger partial charge in [-0.2, -0.15) is 13.2 Å². The molecule has 0 amide bonds. The highest BCUT2D eigenvalue weighted by atomic mass is 35.5. The Morgan fingerprint density at radius 3 is 2.38 bits per heavy atom. The molecule has 0 aliphatic carbocycles. The molecule has 0 aliphatic rings. The number of hydrogen-bond donors (Lipinski definition) is 1. The van der Waals surface area contributed by atoms with Crippen LogP contribution in [0.5, 0.6) is 17.2 Å². The maximum Gasteiger partial charge on any atom is 0.389 e. The van der Waals surface area contributed by atoms with Gasteiger partial charge >= 0.3 is 6.18 Å². The third-order valence-corrected chi connectivity index (χ3v) is 4.82. The molecule has 0 radical (unpaired) electrons. The molecule has 0 atom stereocenters. The van der Waals surface area contributed by atoms with E-state index in [1.165, 1.54) is 31.2 Å². The molecular formula is C21H21ClF3NO6. The van der Waals surface area contributed by atoms with E-state index in [1.54, 1.807) is 6.92 Å². The van der Waals surface area contributed by atoms with Gasteiger partial charge < -0.3 is 14.6 Å². The van der Waals surface area contributed by atoms with E-state index in [2.05, 4.69) is 0 Å². The molecule has 32 heavy (non-hydrogen) atoms. The molecule has 174 valence electrons. The summed E-state index contributed by atoms with van der Waals surface area (Å²) in [7, 11) is 0. The zero-order valence-corrected chi connectivity index (χ0v) is 18.0. The van der Waals surface area contributed by atoms with Crippen LogP contribution in [0.2, 0.25) is 5.02 Å². The van der Waals surface area contributed by atoms with Crippen LogP contribution in [0.1, 0.15) is 41.3 Å². The van der Waals surface area contributed by atoms with Gasteiger partial charge in [-0.15, -0.1) is 0 Å². The second-order valence-electron chi connectivity index (χ2n) is 6.99. The van der Waals surface area contributed by atoms with Gasteiger partial charge in [-0.3, -0.25) is 14.9 Å². The molecule has 0 aromatic heterocycles. The minimum atomic E-state index is -4.44. The van der Waals surface area contributed by atoms with Crippen LogP contribution in [0, 0.1) is 17.0 Å². The van der Waals surface area contributed by atoms with Gasteiger partial charge in [0.25, 0.3) is 5.69 Å². The van der Waals surface area contributed by atoms with Crippen molar-refractivity contribution < 1.29 is 37.5 Å². The minimum Gasteiger partial charge on any atom is -0.507 e. The third-order valence-electron chi connectivity index (χ3n) is 4.53. The van der Waals surface area contributed by atoms with Gasteiger partial charge in [0, 0.05) is 24.0 Å². The molecular weight excluding hydrogens is 455 g/mol. The van der Waals surface area contributed by atoms with Crippen molar-refractivity contribution in [3.8, 4) is 17.2 Å². The van der Waals surface area contributed by atoms with Crippen LogP contribution in [-0.2, 0) is 6.42 Å². The molecule has 1 N–H and O–H groups in total. The highest BCUT2D eigenvalue weighted by Crippen LogP contribution is 2.35. The molecule has 2 aromatic carbocycles. The highest BCUT2D eigenvalue weighted by Gasteiger charge is 2.29. The second-order valence-corrected chi connectivity index (χ2v) is 7.39. The molecule has 0 bridgehead atoms. The summed E-state index contributed by atoms with van der Waals surface area (Å²) in [5.41, 5.74) is 0.0495. The van der Waals surface area contributed by atoms with Crippen molar-refractivity contribution in [1.82, 2.24) is 0 Å². The largest absolute Gasteiger partial charge is 0.507 e. The first-order chi connectivity index (χ1) is 14.9. The lowest BCUT2D eigenvalue weighted by Crippen LogP contribution is -2.11. The van der Waals surface area contributed by atoms with Crippen molar-refractivity contribution in [2.45, 2.75) is 39.3 Å². The Hall–Kier alpha value is -3.01. The Morgan fingerprint density at radius 2 is 1.81 bits per heavy atom. The summed E-state index contributed by atoms with van der Waals surface area (Å²) in [4.78, 5) is 22.1. The van der Waals surface area contributed by atoms with Crippen molar-refractivity contribution >= 4 is 23.1 Å². The van der Waals surface area contributed by atoms with E-state index >= 15 is 0 Å². The Balaban J connectivity index is 2.03. The normalized spacial score (nSPS) is 11.3. The van der Waals surface area contributed by atoms with E-state index in [0.29, 0.717) is 5.56 Å². The number of Topliss-reactive ketones (excluding diaryl/α,β-unsaturated/α-hetero) is 1. The summed E-state index contributed by atoms with van der Waals surface area (Å²) in [6.07, 6.45) is -5.91. The lowest BCUT2D eigenvalue weighted by atomic mass is 10.0. The monoisotopic (exact) mass is 475 g/mol. The maximum atomic E-state index is 12.7. The average molecular weight is 476 g/mol. The topological polar surface area (TPSA) is 98.9 Å². The standard InChI is InChI=1S/C21H21ClF3NO6/c1-12-10-16(22)19(11-17(12)26(29)30)32-9-3-8-31-18-5-4-14(13(2)27)20(28)15(18)6-7-21(23,24)25/h4-5,10-11,28H,3,6-9H2,1-2H3. The van der Waals surface area contributed by atoms with Crippen LogP contribution in [0.15, 0.2) is 24.3 Å². The summed E-state index contributed by atoms with van der Waals surface area (Å²) in [6, 6.07) is 5.25. The van der Waals surface area contributed by atoms with Gasteiger partial charge in [0.05, 0.1) is 34.8 Å². The molecule has 0 aliphatic heterocycles. The minimum absolute atomic E-state index is 0.0173. The second kappa shape index (κ2) is 10.5. The van der Waals surface area contributed by atoms with Crippen molar-refractivity contribution in [3.05, 3.63) is 56.1 Å². The van der Waals surface area contributed by atoms with Crippen molar-refractivity contribution in [1.29, 1.82) is 0 Å². The number of phenolic OH excluding ortho intramolecular Hbond substituents is 1. The third kappa shape index (κ3) is 6.74. The SMILES string of the molecule is CC(=O)c1ccc(OCCCOc2cc([N+](=O)[O-])c(C)cc2Cl)c(CCC(F)(F)F)c1O. The zero-order chi connectivity index (χ0) is 24.1. The van der Waals surface area contributed by atoms with Crippen molar-refractivity contribution in [3.63, 3.8) is 0 Å². The highest BCUT2D eigenvalue weighted by molar-refractivity contribution is 6.32. The summed E-state index contributed by atoms with van der Waals surface area (Å²) in [5, 5.41) is 21.5. The summed E-state index contributed by atoms with van der Waals surface area (Å²) < 4.78 is 48.9. The fourth-order valence-electron chi connectivity index (χ4n) is 2.92. The molecule has 0 heterocycles. The van der Waals surface area contributed by atoms with Crippen molar-refractivity contribution in [2.75, 3.05) is 13.2 Å². The van der Waals surface area contributed by atoms with Gasteiger partial charge in [0.1, 0.15) is 17.2 Å². The number of benzene rings is 2. The summed E-state index contributed by atoms with van der Waals surface area (Å²) in [5.74, 6) is -0.868. The van der Waals surface area contributed by atoms with Crippen LogP contribution in [0.3, 0.4) is 0 Å². The van der Waals surface area contributed by atoms with Gasteiger partial charge in [-0.05, 0) is 38.5 Å². The quantitative estimate of drug-likeness (QED) is 0.201. The molecule has 0 saturated heterocycles. The van der Waals surface area contributed by atoms with Gasteiger partial charge in [0.2, 0.25) is 0 Å². The first kappa shape index (κ1) is 25.3. The predicted octanol–water partition coefficient (Wildman–Crippen LogP) is 5.81. The Morgan fingerprint density at radius 1 is 1.19 bits per heavy atom. The molecule has 0 spiro atoms. The lowest BCUT2D eigenvalue weighted by Gasteiger charge is -2.16. The van der Waals surface area contributed by atoms with Crippen LogP contribution in [-0.4, -0.2) is 35.2 Å². The number of ether oxygens (including phenoxy) is 2. The number of nitro benzene ring substituents is 1. The maximum absolute atomic E-state index is 12.7. The van der Waals surface area contributed by atoms with Gasteiger partial charge in [0.15, 0.2) is 5.78 Å². The molecule has 0 saturated carbocycles. The first-order valence-electron chi connectivity index (χ1n) is 9.53. The van der Waals surface area contributed by atoms with E-state index in [9.17, 15) is 33.2 Å². The fourth-order valence-corrected chi connectivity index (χ4v) is 3.19. The molecule has 2 aromatic rings. The Bertz CT molecular complexity index is 1010. The zero-order valence-electron chi connectivity index (χ0n) is 17.3. The number of nitro groups is 1. The molecule has 0 fully saturated rings. The van der Waals surface area contributed by atoms with E-state index in [4.69, 9.17) is 21.1 Å². The van der Waals surface area contributed by atoms with Crippen LogP contribution in [0.25, 0.3) is 0 Å². The van der Waals surface area contributed by atoms with E-state index in [-0.39, 0.29) is 53.0 Å². The Kier molecular flexibility index (Phi) is 8.31. The van der Waals surface area contributed by atoms with Crippen LogP contribution < -0.4 is 9.47 Å². The molecule has 0 unspecified atom stereocenters. The number of aryl methyl sites for hydroxylation is 1. The lowest BCUT2D eigenvalue weighted by molar-refractivity contribution is -0.385. The first-order valence-corrected chi connectivity index (χ1v) is 9.91.